The van der Waals surface area contributed by atoms with Crippen LogP contribution in [0.2, 0.25) is 0 Å². The highest BCUT2D eigenvalue weighted by atomic mass is 32.3. The highest BCUT2D eigenvalue weighted by molar-refractivity contribution is 7.80. The fourth-order valence-electron chi connectivity index (χ4n) is 9.57. The second-order valence-electron chi connectivity index (χ2n) is 20.6. The second-order valence-corrected chi connectivity index (χ2v) is 21.6. The minimum atomic E-state index is -5.08. The molecule has 0 aromatic rings. The molecule has 0 aliphatic carbocycles. The minimum Gasteiger partial charge on any atom is -0.394 e. The average molecular weight is 1000 g/mol. The molecule has 7 atom stereocenters. The van der Waals surface area contributed by atoms with E-state index in [-0.39, 0.29) is 12.5 Å². The molecule has 410 valence electrons. The Morgan fingerprint density at radius 2 is 0.928 bits per heavy atom. The zero-order valence-electron chi connectivity index (χ0n) is 44.4. The van der Waals surface area contributed by atoms with Crippen molar-refractivity contribution in [2.75, 3.05) is 13.2 Å². The molecule has 0 bridgehead atoms. The Balaban J connectivity index is 2.34. The van der Waals surface area contributed by atoms with Crippen LogP contribution in [0.3, 0.4) is 0 Å². The van der Waals surface area contributed by atoms with Crippen molar-refractivity contribution < 1.29 is 51.8 Å². The third-order valence-electron chi connectivity index (χ3n) is 14.1. The molecule has 0 aromatic carbocycles. The summed E-state index contributed by atoms with van der Waals surface area (Å²) in [6, 6.07) is -0.858. The van der Waals surface area contributed by atoms with Gasteiger partial charge in [-0.25, -0.2) is 4.18 Å². The van der Waals surface area contributed by atoms with Gasteiger partial charge in [0.2, 0.25) is 5.91 Å². The van der Waals surface area contributed by atoms with Gasteiger partial charge < -0.3 is 35.2 Å². The number of nitrogens with one attached hydrogen (secondary N) is 1. The summed E-state index contributed by atoms with van der Waals surface area (Å²) >= 11 is 0. The van der Waals surface area contributed by atoms with E-state index in [9.17, 15) is 38.2 Å². The number of hydrogen-bond donors (Lipinski definition) is 6. The average Bonchev–Trinajstić information content (AvgIpc) is 3.32. The second kappa shape index (κ2) is 46.6. The van der Waals surface area contributed by atoms with Crippen LogP contribution in [0.4, 0.5) is 0 Å². The Morgan fingerprint density at radius 1 is 0.565 bits per heavy atom. The third kappa shape index (κ3) is 39.0. The number of aliphatic hydroxyl groups excluding tert-OH is 4. The standard InChI is InChI=1S/C56H109NO11S/c1-3-5-7-9-11-13-15-17-19-21-23-24-25-26-27-28-30-32-34-36-38-40-42-44-46-52(60)57-49(48-66-56-54(62)55(68-69(63,64)65)53(61)51(47-58)67-56)50(59)45-43-41-39-37-35-33-31-29-22-20-18-16-14-12-10-8-6-4-2/h26-27,49-51,53-56,58-59,61-62H,3-25,28-48H2,1-2H3,(H,57,60)(H,63,64,65)/b27-26-. The summed E-state index contributed by atoms with van der Waals surface area (Å²) in [5.41, 5.74) is 0. The number of carbonyl (C=O) groups is 1. The van der Waals surface area contributed by atoms with E-state index >= 15 is 0 Å². The quantitative estimate of drug-likeness (QED) is 0.0193. The summed E-state index contributed by atoms with van der Waals surface area (Å²) in [5.74, 6) is -0.228. The lowest BCUT2D eigenvalue weighted by atomic mass is 9.99. The molecule has 0 spiro atoms. The number of hydrogen-bond acceptors (Lipinski definition) is 10. The number of allylic oxidation sites excluding steroid dienone is 2. The van der Waals surface area contributed by atoms with E-state index in [1.165, 1.54) is 199 Å². The topological polar surface area (TPSA) is 192 Å². The van der Waals surface area contributed by atoms with Gasteiger partial charge in [0.1, 0.15) is 24.4 Å². The van der Waals surface area contributed by atoms with Crippen molar-refractivity contribution in [3.63, 3.8) is 0 Å². The van der Waals surface area contributed by atoms with Gasteiger partial charge in [0.05, 0.1) is 25.4 Å². The Morgan fingerprint density at radius 3 is 1.30 bits per heavy atom. The lowest BCUT2D eigenvalue weighted by Gasteiger charge is -2.41. The first-order chi connectivity index (χ1) is 33.5. The van der Waals surface area contributed by atoms with Crippen molar-refractivity contribution in [1.29, 1.82) is 0 Å². The molecule has 0 aromatic heterocycles. The summed E-state index contributed by atoms with van der Waals surface area (Å²) in [4.78, 5) is 13.1. The number of ether oxygens (including phenoxy) is 2. The zero-order valence-corrected chi connectivity index (χ0v) is 45.2. The number of amides is 1. The van der Waals surface area contributed by atoms with Crippen LogP contribution in [0.25, 0.3) is 0 Å². The molecular weight excluding hydrogens is 895 g/mol. The van der Waals surface area contributed by atoms with Crippen LogP contribution < -0.4 is 5.32 Å². The maximum Gasteiger partial charge on any atom is 0.397 e. The summed E-state index contributed by atoms with van der Waals surface area (Å²) in [6.45, 7) is 3.49. The van der Waals surface area contributed by atoms with Crippen LogP contribution >= 0.6 is 0 Å². The van der Waals surface area contributed by atoms with E-state index in [1.54, 1.807) is 0 Å². The molecule has 1 heterocycles. The Bertz CT molecular complexity index is 1270. The van der Waals surface area contributed by atoms with Gasteiger partial charge >= 0.3 is 10.4 Å². The van der Waals surface area contributed by atoms with Crippen LogP contribution in [-0.4, -0.2) is 95.4 Å². The van der Waals surface area contributed by atoms with Gasteiger partial charge in [-0.3, -0.25) is 9.35 Å². The lowest BCUT2D eigenvalue weighted by Crippen LogP contribution is -2.61. The maximum atomic E-state index is 13.1. The molecule has 1 aliphatic rings. The van der Waals surface area contributed by atoms with Gasteiger partial charge in [-0.1, -0.05) is 251 Å². The van der Waals surface area contributed by atoms with Gasteiger partial charge in [-0.2, -0.15) is 8.42 Å². The van der Waals surface area contributed by atoms with E-state index in [4.69, 9.17) is 9.47 Å². The number of rotatable bonds is 51. The summed E-state index contributed by atoms with van der Waals surface area (Å²) < 4.78 is 47.9. The highest BCUT2D eigenvalue weighted by Crippen LogP contribution is 2.26. The Labute approximate surface area is 423 Å². The van der Waals surface area contributed by atoms with Crippen LogP contribution in [0.15, 0.2) is 12.2 Å². The van der Waals surface area contributed by atoms with E-state index < -0.39 is 59.9 Å². The van der Waals surface area contributed by atoms with E-state index in [0.29, 0.717) is 19.3 Å². The van der Waals surface area contributed by atoms with Crippen molar-refractivity contribution in [2.24, 2.45) is 0 Å². The number of unbranched alkanes of at least 4 members (excludes halogenated alkanes) is 37. The molecule has 1 saturated heterocycles. The number of carbonyl (C=O) groups excluding carboxylic acids is 1. The summed E-state index contributed by atoms with van der Waals surface area (Å²) in [7, 11) is -5.08. The smallest absolute Gasteiger partial charge is 0.394 e. The lowest BCUT2D eigenvalue weighted by molar-refractivity contribution is -0.298. The van der Waals surface area contributed by atoms with E-state index in [2.05, 4.69) is 35.5 Å². The van der Waals surface area contributed by atoms with Crippen molar-refractivity contribution in [1.82, 2.24) is 5.32 Å². The molecule has 69 heavy (non-hydrogen) atoms. The predicted octanol–water partition coefficient (Wildman–Crippen LogP) is 13.5. The van der Waals surface area contributed by atoms with Crippen LogP contribution in [0.5, 0.6) is 0 Å². The normalized spacial score (nSPS) is 19.7. The first kappa shape index (κ1) is 65.9. The molecule has 12 nitrogen and oxygen atoms in total. The Hall–Kier alpha value is -1.16. The van der Waals surface area contributed by atoms with E-state index in [1.807, 2.05) is 0 Å². The van der Waals surface area contributed by atoms with Gasteiger partial charge in [0.25, 0.3) is 0 Å². The fraction of sp³-hybridized carbons (Fsp3) is 0.946. The largest absolute Gasteiger partial charge is 0.397 e. The summed E-state index contributed by atoms with van der Waals surface area (Å²) in [6.07, 6.45) is 46.4. The van der Waals surface area contributed by atoms with Crippen molar-refractivity contribution >= 4 is 16.3 Å². The fourth-order valence-corrected chi connectivity index (χ4v) is 10.1. The molecule has 0 radical (unpaired) electrons. The van der Waals surface area contributed by atoms with E-state index in [0.717, 1.165) is 51.4 Å². The van der Waals surface area contributed by atoms with Crippen molar-refractivity contribution in [3.05, 3.63) is 12.2 Å². The molecule has 7 unspecified atom stereocenters. The zero-order chi connectivity index (χ0) is 50.5. The predicted molar refractivity (Wildman–Crippen MR) is 282 cm³/mol. The highest BCUT2D eigenvalue weighted by Gasteiger charge is 2.48. The minimum absolute atomic E-state index is 0.228. The van der Waals surface area contributed by atoms with Crippen molar-refractivity contribution in [3.8, 4) is 0 Å². The Kier molecular flexibility index (Phi) is 44.5. The molecule has 1 aliphatic heterocycles. The van der Waals surface area contributed by atoms with Gasteiger partial charge in [0, 0.05) is 6.42 Å². The number of aliphatic hydroxyl groups is 4. The molecule has 0 saturated carbocycles. The van der Waals surface area contributed by atoms with Gasteiger partial charge in [-0.15, -0.1) is 0 Å². The molecule has 1 amide bonds. The monoisotopic (exact) mass is 1000 g/mol. The molecular formula is C56H109NO11S. The first-order valence-electron chi connectivity index (χ1n) is 29.1. The third-order valence-corrected chi connectivity index (χ3v) is 14.5. The molecule has 6 N–H and O–H groups in total. The van der Waals surface area contributed by atoms with Crippen molar-refractivity contribution in [2.45, 2.75) is 326 Å². The van der Waals surface area contributed by atoms with Gasteiger partial charge in [-0.05, 0) is 38.5 Å². The molecule has 1 rings (SSSR count). The first-order valence-corrected chi connectivity index (χ1v) is 30.4. The van der Waals surface area contributed by atoms with Crippen LogP contribution in [0, 0.1) is 0 Å². The SMILES string of the molecule is CCCCCCCCCCCCCC/C=C\CCCCCCCCCCC(=O)NC(COC1OC(CO)C(O)C(OS(=O)(=O)O)C1O)C(O)CCCCCCCCCCCCCCCCCCCC. The maximum absolute atomic E-state index is 13.1. The molecule has 1 fully saturated rings. The summed E-state index contributed by atoms with van der Waals surface area (Å²) in [5, 5.41) is 45.1. The van der Waals surface area contributed by atoms with Crippen LogP contribution in [-0.2, 0) is 28.9 Å². The van der Waals surface area contributed by atoms with Crippen LogP contribution in [0.1, 0.15) is 284 Å². The molecule has 13 heteroatoms. The van der Waals surface area contributed by atoms with Gasteiger partial charge in [0.15, 0.2) is 6.29 Å².